The number of benzene rings is 1. The molecule has 2 N–H and O–H groups in total. The molecule has 8 heteroatoms. The van der Waals surface area contributed by atoms with Gasteiger partial charge in [-0.25, -0.2) is 9.97 Å². The minimum atomic E-state index is 0.519. The maximum atomic E-state index is 5.18. The van der Waals surface area contributed by atoms with E-state index in [1.165, 1.54) is 0 Å². The Kier molecular flexibility index (Phi) is 5.20. The van der Waals surface area contributed by atoms with Crippen LogP contribution in [0.1, 0.15) is 0 Å². The zero-order chi connectivity index (χ0) is 17.6. The Morgan fingerprint density at radius 1 is 1.04 bits per heavy atom. The Morgan fingerprint density at radius 3 is 2.52 bits per heavy atom. The lowest BCUT2D eigenvalue weighted by Crippen LogP contribution is -2.21. The summed E-state index contributed by atoms with van der Waals surface area (Å²) in [6, 6.07) is 7.60. The summed E-state index contributed by atoms with van der Waals surface area (Å²) in [5.41, 5.74) is 2.04. The highest BCUT2D eigenvalue weighted by molar-refractivity contribution is 5.85. The smallest absolute Gasteiger partial charge is 0.226 e. The lowest BCUT2D eigenvalue weighted by molar-refractivity contribution is 0.415. The van der Waals surface area contributed by atoms with Crippen molar-refractivity contribution in [1.82, 2.24) is 24.8 Å². The predicted octanol–water partition coefficient (Wildman–Crippen LogP) is 2.15. The molecular formula is C17H21N7O. The van der Waals surface area contributed by atoms with Crippen molar-refractivity contribution in [2.75, 3.05) is 44.9 Å². The SMILES string of the molecule is COc1ccc(Nc2nc(NCCN(C)C)nc3nccnc23)cc1. The molecule has 0 amide bonds. The lowest BCUT2D eigenvalue weighted by Gasteiger charge is -2.13. The minimum absolute atomic E-state index is 0.519. The summed E-state index contributed by atoms with van der Waals surface area (Å²) in [7, 11) is 5.68. The highest BCUT2D eigenvalue weighted by Crippen LogP contribution is 2.23. The summed E-state index contributed by atoms with van der Waals surface area (Å²) in [4.78, 5) is 19.7. The summed E-state index contributed by atoms with van der Waals surface area (Å²) in [6.45, 7) is 1.61. The second-order valence-corrected chi connectivity index (χ2v) is 5.71. The van der Waals surface area contributed by atoms with Gasteiger partial charge in [0, 0.05) is 31.2 Å². The van der Waals surface area contributed by atoms with Crippen molar-refractivity contribution in [2.45, 2.75) is 0 Å². The van der Waals surface area contributed by atoms with Gasteiger partial charge in [-0.3, -0.25) is 0 Å². The van der Waals surface area contributed by atoms with Crippen LogP contribution in [0.3, 0.4) is 0 Å². The topological polar surface area (TPSA) is 88.1 Å². The molecule has 3 aromatic rings. The zero-order valence-corrected chi connectivity index (χ0v) is 14.5. The molecule has 0 saturated carbocycles. The summed E-state index contributed by atoms with van der Waals surface area (Å²) in [5.74, 6) is 1.92. The number of methoxy groups -OCH3 is 1. The van der Waals surface area contributed by atoms with Crippen molar-refractivity contribution >= 4 is 28.6 Å². The van der Waals surface area contributed by atoms with Crippen molar-refractivity contribution in [3.63, 3.8) is 0 Å². The molecule has 2 aromatic heterocycles. The number of likely N-dealkylation sites (N-methyl/N-ethyl adjacent to an activating group) is 1. The van der Waals surface area contributed by atoms with Gasteiger partial charge in [-0.15, -0.1) is 0 Å². The van der Waals surface area contributed by atoms with Crippen LogP contribution in [0.25, 0.3) is 11.2 Å². The lowest BCUT2D eigenvalue weighted by atomic mass is 10.3. The number of ether oxygens (including phenoxy) is 1. The largest absolute Gasteiger partial charge is 0.497 e. The van der Waals surface area contributed by atoms with Crippen LogP contribution in [0, 0.1) is 0 Å². The van der Waals surface area contributed by atoms with E-state index < -0.39 is 0 Å². The van der Waals surface area contributed by atoms with Gasteiger partial charge in [-0.05, 0) is 38.4 Å². The van der Waals surface area contributed by atoms with E-state index in [1.807, 2.05) is 38.4 Å². The van der Waals surface area contributed by atoms with Crippen molar-refractivity contribution in [1.29, 1.82) is 0 Å². The first-order valence-electron chi connectivity index (χ1n) is 7.94. The van der Waals surface area contributed by atoms with Gasteiger partial charge in [-0.2, -0.15) is 9.97 Å². The highest BCUT2D eigenvalue weighted by Gasteiger charge is 2.10. The molecule has 25 heavy (non-hydrogen) atoms. The molecule has 0 fully saturated rings. The maximum Gasteiger partial charge on any atom is 0.226 e. The number of nitrogens with one attached hydrogen (secondary N) is 2. The first-order chi connectivity index (χ1) is 12.2. The average Bonchev–Trinajstić information content (AvgIpc) is 2.62. The summed E-state index contributed by atoms with van der Waals surface area (Å²) in [6.07, 6.45) is 3.25. The number of hydrogen-bond donors (Lipinski definition) is 2. The van der Waals surface area contributed by atoms with Crippen molar-refractivity contribution < 1.29 is 4.74 Å². The molecular weight excluding hydrogens is 318 g/mol. The number of hydrogen-bond acceptors (Lipinski definition) is 8. The molecule has 8 nitrogen and oxygen atoms in total. The molecule has 0 aliphatic heterocycles. The summed E-state index contributed by atoms with van der Waals surface area (Å²) < 4.78 is 5.18. The molecule has 0 bridgehead atoms. The number of rotatable bonds is 7. The van der Waals surface area contributed by atoms with Crippen LogP contribution in [-0.2, 0) is 0 Å². The molecule has 0 aliphatic rings. The molecule has 3 rings (SSSR count). The zero-order valence-electron chi connectivity index (χ0n) is 14.5. The Labute approximate surface area is 146 Å². The fourth-order valence-corrected chi connectivity index (χ4v) is 2.23. The second-order valence-electron chi connectivity index (χ2n) is 5.71. The van der Waals surface area contributed by atoms with E-state index in [0.717, 1.165) is 24.5 Å². The standard InChI is InChI=1S/C17H21N7O/c1-24(2)11-10-20-17-22-15-14(18-8-9-19-15)16(23-17)21-12-4-6-13(25-3)7-5-12/h4-9H,10-11H2,1-3H3,(H2,19,20,21,22,23). The van der Waals surface area contributed by atoms with Crippen molar-refractivity contribution in [3.05, 3.63) is 36.7 Å². The molecule has 0 atom stereocenters. The van der Waals surface area contributed by atoms with Crippen molar-refractivity contribution in [2.24, 2.45) is 0 Å². The van der Waals surface area contributed by atoms with Crippen LogP contribution >= 0.6 is 0 Å². The van der Waals surface area contributed by atoms with E-state index in [2.05, 4.69) is 35.5 Å². The van der Waals surface area contributed by atoms with E-state index in [4.69, 9.17) is 4.74 Å². The first kappa shape index (κ1) is 16.8. The fraction of sp³-hybridized carbons (Fsp3) is 0.294. The minimum Gasteiger partial charge on any atom is -0.497 e. The van der Waals surface area contributed by atoms with Crippen LogP contribution in [0.5, 0.6) is 5.75 Å². The van der Waals surface area contributed by atoms with Gasteiger partial charge in [0.25, 0.3) is 0 Å². The number of fused-ring (bicyclic) bond motifs is 1. The number of aromatic nitrogens is 4. The third-order valence-electron chi connectivity index (χ3n) is 3.53. The van der Waals surface area contributed by atoms with Gasteiger partial charge in [0.15, 0.2) is 17.0 Å². The van der Waals surface area contributed by atoms with Crippen LogP contribution in [0.4, 0.5) is 17.5 Å². The van der Waals surface area contributed by atoms with E-state index in [1.54, 1.807) is 19.5 Å². The maximum absolute atomic E-state index is 5.18. The van der Waals surface area contributed by atoms with Gasteiger partial charge < -0.3 is 20.3 Å². The average molecular weight is 339 g/mol. The molecule has 130 valence electrons. The molecule has 0 saturated heterocycles. The third-order valence-corrected chi connectivity index (χ3v) is 3.53. The van der Waals surface area contributed by atoms with E-state index >= 15 is 0 Å². The third kappa shape index (κ3) is 4.30. The van der Waals surface area contributed by atoms with E-state index in [9.17, 15) is 0 Å². The Morgan fingerprint density at radius 2 is 1.80 bits per heavy atom. The Bertz CT molecular complexity index is 836. The van der Waals surface area contributed by atoms with Gasteiger partial charge in [0.2, 0.25) is 5.95 Å². The number of anilines is 3. The monoisotopic (exact) mass is 339 g/mol. The second kappa shape index (κ2) is 7.71. The molecule has 0 spiro atoms. The summed E-state index contributed by atoms with van der Waals surface area (Å²) in [5, 5.41) is 6.50. The molecule has 0 radical (unpaired) electrons. The van der Waals surface area contributed by atoms with Gasteiger partial charge >= 0.3 is 0 Å². The van der Waals surface area contributed by atoms with Crippen LogP contribution in [0.2, 0.25) is 0 Å². The quantitative estimate of drug-likeness (QED) is 0.677. The van der Waals surface area contributed by atoms with Crippen LogP contribution < -0.4 is 15.4 Å². The van der Waals surface area contributed by atoms with Gasteiger partial charge in [-0.1, -0.05) is 0 Å². The molecule has 1 aromatic carbocycles. The van der Waals surface area contributed by atoms with Crippen molar-refractivity contribution in [3.8, 4) is 5.75 Å². The Hall–Kier alpha value is -3.00. The predicted molar refractivity (Wildman–Crippen MR) is 98.4 cm³/mol. The number of nitrogens with zero attached hydrogens (tertiary/aromatic N) is 5. The normalized spacial score (nSPS) is 10.9. The first-order valence-corrected chi connectivity index (χ1v) is 7.94. The van der Waals surface area contributed by atoms with Gasteiger partial charge in [0.05, 0.1) is 7.11 Å². The van der Waals surface area contributed by atoms with Crippen LogP contribution in [-0.4, -0.2) is 59.1 Å². The fourth-order valence-electron chi connectivity index (χ4n) is 2.23. The summed E-state index contributed by atoms with van der Waals surface area (Å²) >= 11 is 0. The highest BCUT2D eigenvalue weighted by atomic mass is 16.5. The Balaban J connectivity index is 1.88. The molecule has 0 aliphatic carbocycles. The molecule has 2 heterocycles. The molecule has 0 unspecified atom stereocenters. The van der Waals surface area contributed by atoms with E-state index in [-0.39, 0.29) is 0 Å². The van der Waals surface area contributed by atoms with E-state index in [0.29, 0.717) is 22.9 Å². The van der Waals surface area contributed by atoms with Gasteiger partial charge in [0.1, 0.15) is 5.75 Å². The van der Waals surface area contributed by atoms with Crippen LogP contribution in [0.15, 0.2) is 36.7 Å².